The molecule has 0 spiro atoms. The van der Waals surface area contributed by atoms with Gasteiger partial charge in [-0.3, -0.25) is 0 Å². The second-order valence-corrected chi connectivity index (χ2v) is 4.63. The van der Waals surface area contributed by atoms with Crippen LogP contribution in [0.15, 0.2) is 18.2 Å². The topological polar surface area (TPSA) is 26.0 Å². The van der Waals surface area contributed by atoms with Gasteiger partial charge in [-0.2, -0.15) is 0 Å². The molecule has 0 aliphatic heterocycles. The third-order valence-electron chi connectivity index (χ3n) is 2.69. The summed E-state index contributed by atoms with van der Waals surface area (Å²) < 4.78 is 0. The van der Waals surface area contributed by atoms with E-state index in [2.05, 4.69) is 57.7 Å². The Bertz CT molecular complexity index is 379. The highest BCUT2D eigenvalue weighted by Gasteiger charge is 2.11. The van der Waals surface area contributed by atoms with Gasteiger partial charge in [0.05, 0.1) is 6.54 Å². The van der Waals surface area contributed by atoms with Crippen molar-refractivity contribution in [3.05, 3.63) is 34.9 Å². The predicted octanol–water partition coefficient (Wildman–Crippen LogP) is 3.24. The van der Waals surface area contributed by atoms with Gasteiger partial charge in [-0.1, -0.05) is 57.7 Å². The van der Waals surface area contributed by atoms with E-state index < -0.39 is 0 Å². The zero-order valence-corrected chi connectivity index (χ0v) is 10.7. The Hall–Kier alpha value is -1.26. The molecule has 1 nitrogen and oxygen atoms in total. The number of hydrogen-bond donors (Lipinski definition) is 1. The molecule has 0 aliphatic rings. The monoisotopic (exact) mass is 215 g/mol. The summed E-state index contributed by atoms with van der Waals surface area (Å²) in [4.78, 5) is 0. The van der Waals surface area contributed by atoms with Crippen LogP contribution in [-0.2, 0) is 0 Å². The maximum absolute atomic E-state index is 5.46. The molecule has 0 saturated heterocycles. The fraction of sp³-hybridized carbons (Fsp3) is 0.467. The van der Waals surface area contributed by atoms with E-state index >= 15 is 0 Å². The fourth-order valence-corrected chi connectivity index (χ4v) is 1.83. The van der Waals surface area contributed by atoms with E-state index in [1.54, 1.807) is 0 Å². The number of rotatable bonds is 2. The van der Waals surface area contributed by atoms with Gasteiger partial charge in [0.15, 0.2) is 0 Å². The maximum atomic E-state index is 5.46. The molecule has 0 fully saturated rings. The molecule has 0 amide bonds. The second-order valence-electron chi connectivity index (χ2n) is 4.63. The van der Waals surface area contributed by atoms with Crippen molar-refractivity contribution in [2.24, 2.45) is 5.73 Å². The number of nitrogens with two attached hydrogens (primary N) is 1. The second kappa shape index (κ2) is 5.72. The molecule has 0 aromatic heterocycles. The Kier molecular flexibility index (Phi) is 4.58. The quantitative estimate of drug-likeness (QED) is 0.753. The lowest BCUT2D eigenvalue weighted by Gasteiger charge is -2.15. The van der Waals surface area contributed by atoms with Crippen molar-refractivity contribution in [1.29, 1.82) is 0 Å². The SMILES string of the molecule is CC(C)c1cccc(C(C)C)c1C#CCN. The van der Waals surface area contributed by atoms with Crippen molar-refractivity contribution in [1.82, 2.24) is 0 Å². The first kappa shape index (κ1) is 12.8. The summed E-state index contributed by atoms with van der Waals surface area (Å²) in [5, 5.41) is 0. The highest BCUT2D eigenvalue weighted by molar-refractivity contribution is 5.50. The van der Waals surface area contributed by atoms with E-state index in [9.17, 15) is 0 Å². The van der Waals surface area contributed by atoms with Gasteiger partial charge in [0.1, 0.15) is 0 Å². The van der Waals surface area contributed by atoms with Crippen molar-refractivity contribution in [2.75, 3.05) is 6.54 Å². The molecule has 1 heteroatoms. The van der Waals surface area contributed by atoms with E-state index in [1.165, 1.54) is 16.7 Å². The van der Waals surface area contributed by atoms with Gasteiger partial charge in [-0.15, -0.1) is 0 Å². The van der Waals surface area contributed by atoms with Gasteiger partial charge in [0.25, 0.3) is 0 Å². The first-order chi connectivity index (χ1) is 7.57. The molecule has 0 bridgehead atoms. The Morgan fingerprint density at radius 2 is 1.56 bits per heavy atom. The Labute approximate surface area is 99.1 Å². The van der Waals surface area contributed by atoms with Gasteiger partial charge >= 0.3 is 0 Å². The van der Waals surface area contributed by atoms with Crippen molar-refractivity contribution < 1.29 is 0 Å². The predicted molar refractivity (Wildman–Crippen MR) is 70.6 cm³/mol. The van der Waals surface area contributed by atoms with Crippen LogP contribution in [0.5, 0.6) is 0 Å². The molecular weight excluding hydrogens is 194 g/mol. The lowest BCUT2D eigenvalue weighted by atomic mass is 9.89. The Morgan fingerprint density at radius 1 is 1.06 bits per heavy atom. The smallest absolute Gasteiger partial charge is 0.0555 e. The summed E-state index contributed by atoms with van der Waals surface area (Å²) in [6, 6.07) is 6.45. The van der Waals surface area contributed by atoms with Gasteiger partial charge in [-0.25, -0.2) is 0 Å². The Morgan fingerprint density at radius 3 is 1.94 bits per heavy atom. The summed E-state index contributed by atoms with van der Waals surface area (Å²) in [5.74, 6) is 7.20. The van der Waals surface area contributed by atoms with Gasteiger partial charge in [-0.05, 0) is 23.0 Å². The van der Waals surface area contributed by atoms with E-state index in [0.717, 1.165) is 0 Å². The number of hydrogen-bond acceptors (Lipinski definition) is 1. The fourth-order valence-electron chi connectivity index (χ4n) is 1.83. The molecule has 1 aromatic carbocycles. The van der Waals surface area contributed by atoms with Crippen molar-refractivity contribution in [3.63, 3.8) is 0 Å². The molecule has 2 N–H and O–H groups in total. The molecule has 0 heterocycles. The van der Waals surface area contributed by atoms with Gasteiger partial charge in [0, 0.05) is 5.56 Å². The van der Waals surface area contributed by atoms with Crippen LogP contribution in [0.25, 0.3) is 0 Å². The normalized spacial score (nSPS) is 10.4. The maximum Gasteiger partial charge on any atom is 0.0555 e. The minimum absolute atomic E-state index is 0.421. The number of benzene rings is 1. The summed E-state index contributed by atoms with van der Waals surface area (Å²) in [5.41, 5.74) is 9.29. The van der Waals surface area contributed by atoms with Crippen LogP contribution in [0.1, 0.15) is 56.2 Å². The minimum atomic E-state index is 0.421. The van der Waals surface area contributed by atoms with Gasteiger partial charge in [0.2, 0.25) is 0 Å². The minimum Gasteiger partial charge on any atom is -0.320 e. The third-order valence-corrected chi connectivity index (χ3v) is 2.69. The molecule has 0 radical (unpaired) electrons. The summed E-state index contributed by atoms with van der Waals surface area (Å²) in [6.45, 7) is 9.23. The largest absolute Gasteiger partial charge is 0.320 e. The molecule has 1 aromatic rings. The van der Waals surface area contributed by atoms with E-state index in [1.807, 2.05) is 0 Å². The summed E-state index contributed by atoms with van der Waals surface area (Å²) in [7, 11) is 0. The first-order valence-electron chi connectivity index (χ1n) is 5.89. The Balaban J connectivity index is 3.35. The first-order valence-corrected chi connectivity index (χ1v) is 5.89. The third kappa shape index (κ3) is 2.87. The van der Waals surface area contributed by atoms with Crippen molar-refractivity contribution in [2.45, 2.75) is 39.5 Å². The molecule has 86 valence electrons. The van der Waals surface area contributed by atoms with Crippen LogP contribution in [0.3, 0.4) is 0 Å². The highest BCUT2D eigenvalue weighted by atomic mass is 14.5. The van der Waals surface area contributed by atoms with Crippen LogP contribution in [0, 0.1) is 11.8 Å². The molecule has 0 aliphatic carbocycles. The molecule has 1 rings (SSSR count). The summed E-state index contributed by atoms with van der Waals surface area (Å²) in [6.07, 6.45) is 0. The molecule has 0 unspecified atom stereocenters. The average molecular weight is 215 g/mol. The van der Waals surface area contributed by atoms with Crippen molar-refractivity contribution >= 4 is 0 Å². The van der Waals surface area contributed by atoms with Crippen LogP contribution >= 0.6 is 0 Å². The van der Waals surface area contributed by atoms with E-state index in [4.69, 9.17) is 5.73 Å². The average Bonchev–Trinajstić information content (AvgIpc) is 2.25. The zero-order chi connectivity index (χ0) is 12.1. The van der Waals surface area contributed by atoms with Crippen LogP contribution in [0.4, 0.5) is 0 Å². The van der Waals surface area contributed by atoms with E-state index in [0.29, 0.717) is 18.4 Å². The molecule has 16 heavy (non-hydrogen) atoms. The lowest BCUT2D eigenvalue weighted by Crippen LogP contribution is -2.01. The van der Waals surface area contributed by atoms with E-state index in [-0.39, 0.29) is 0 Å². The van der Waals surface area contributed by atoms with Crippen LogP contribution in [0.2, 0.25) is 0 Å². The molecule has 0 saturated carbocycles. The zero-order valence-electron chi connectivity index (χ0n) is 10.7. The van der Waals surface area contributed by atoms with Crippen molar-refractivity contribution in [3.8, 4) is 11.8 Å². The standard InChI is InChI=1S/C15H21N/c1-11(2)13-7-5-8-14(12(3)4)15(13)9-6-10-16/h5,7-8,11-12H,10,16H2,1-4H3. The lowest BCUT2D eigenvalue weighted by molar-refractivity contribution is 0.828. The highest BCUT2D eigenvalue weighted by Crippen LogP contribution is 2.26. The molecular formula is C15H21N. The van der Waals surface area contributed by atoms with Gasteiger partial charge < -0.3 is 5.73 Å². The van der Waals surface area contributed by atoms with Crippen LogP contribution < -0.4 is 5.73 Å². The molecule has 0 atom stereocenters. The van der Waals surface area contributed by atoms with Crippen LogP contribution in [-0.4, -0.2) is 6.54 Å². The summed E-state index contributed by atoms with van der Waals surface area (Å²) >= 11 is 0.